The number of aromatic amines is 1. The van der Waals surface area contributed by atoms with Crippen LogP contribution < -0.4 is 10.3 Å². The van der Waals surface area contributed by atoms with Gasteiger partial charge in [0.25, 0.3) is 5.56 Å². The minimum Gasteiger partial charge on any atom is -0.494 e. The van der Waals surface area contributed by atoms with Gasteiger partial charge in [-0.05, 0) is 60.0 Å². The number of tetrazole rings is 1. The number of nitrogens with one attached hydrogen (secondary N) is 1. The van der Waals surface area contributed by atoms with Gasteiger partial charge in [-0.25, -0.2) is 4.68 Å². The zero-order valence-electron chi connectivity index (χ0n) is 20.2. The molecule has 0 aliphatic heterocycles. The molecule has 0 aliphatic carbocycles. The molecule has 9 heteroatoms. The lowest BCUT2D eigenvalue weighted by Crippen LogP contribution is -2.34. The van der Waals surface area contributed by atoms with Crippen LogP contribution in [0.25, 0.3) is 10.9 Å². The van der Waals surface area contributed by atoms with Crippen molar-refractivity contribution in [3.05, 3.63) is 81.9 Å². The molecule has 0 bridgehead atoms. The molecule has 0 saturated heterocycles. The first-order chi connectivity index (χ1) is 17.1. The lowest BCUT2D eigenvalue weighted by atomic mass is 10.1. The summed E-state index contributed by atoms with van der Waals surface area (Å²) in [6.07, 6.45) is 1.33. The van der Waals surface area contributed by atoms with Gasteiger partial charge >= 0.3 is 0 Å². The van der Waals surface area contributed by atoms with Gasteiger partial charge in [-0.2, -0.15) is 0 Å². The molecule has 0 unspecified atom stereocenters. The highest BCUT2D eigenvalue weighted by Crippen LogP contribution is 2.26. The van der Waals surface area contributed by atoms with Crippen molar-refractivity contribution in [2.24, 2.45) is 0 Å². The number of aliphatic hydroxyl groups is 1. The highest BCUT2D eigenvalue weighted by molar-refractivity contribution is 5.80. The maximum Gasteiger partial charge on any atom is 0.252 e. The third-order valence-corrected chi connectivity index (χ3v) is 6.04. The Morgan fingerprint density at radius 3 is 2.71 bits per heavy atom. The van der Waals surface area contributed by atoms with Crippen LogP contribution in [-0.2, 0) is 13.1 Å². The lowest BCUT2D eigenvalue weighted by molar-refractivity contribution is 0.152. The average Bonchev–Trinajstić information content (AvgIpc) is 3.32. The topological polar surface area (TPSA) is 109 Å². The summed E-state index contributed by atoms with van der Waals surface area (Å²) in [5.41, 5.74) is 2.39. The first kappa shape index (κ1) is 24.6. The predicted octanol–water partition coefficient (Wildman–Crippen LogP) is 3.30. The maximum atomic E-state index is 13.0. The SMILES string of the molecule is CCOc1ccc2[nH]c(=O)c(CN(CCCO)[C@H](CC)c3nnnn3Cc3ccccc3)cc2c1. The van der Waals surface area contributed by atoms with E-state index in [2.05, 4.69) is 32.3 Å². The summed E-state index contributed by atoms with van der Waals surface area (Å²) in [6.45, 7) is 6.23. The number of aromatic nitrogens is 5. The van der Waals surface area contributed by atoms with Crippen LogP contribution in [0.5, 0.6) is 5.75 Å². The van der Waals surface area contributed by atoms with Crippen molar-refractivity contribution >= 4 is 10.9 Å². The number of pyridine rings is 1. The highest BCUT2D eigenvalue weighted by atomic mass is 16.5. The molecule has 184 valence electrons. The van der Waals surface area contributed by atoms with Crippen LogP contribution in [0.3, 0.4) is 0 Å². The molecule has 0 radical (unpaired) electrons. The van der Waals surface area contributed by atoms with Crippen LogP contribution in [0.1, 0.15) is 49.7 Å². The van der Waals surface area contributed by atoms with E-state index in [-0.39, 0.29) is 18.2 Å². The normalized spacial score (nSPS) is 12.3. The third kappa shape index (κ3) is 5.93. The molecule has 0 saturated carbocycles. The van der Waals surface area contributed by atoms with Crippen LogP contribution in [0, 0.1) is 0 Å². The fourth-order valence-electron chi connectivity index (χ4n) is 4.36. The van der Waals surface area contributed by atoms with E-state index in [9.17, 15) is 9.90 Å². The Hall–Kier alpha value is -3.56. The Morgan fingerprint density at radius 2 is 1.97 bits per heavy atom. The Kier molecular flexibility index (Phi) is 8.23. The van der Waals surface area contributed by atoms with Gasteiger partial charge in [0.2, 0.25) is 0 Å². The first-order valence-electron chi connectivity index (χ1n) is 12.1. The first-order valence-corrected chi connectivity index (χ1v) is 12.1. The molecule has 0 fully saturated rings. The summed E-state index contributed by atoms with van der Waals surface area (Å²) < 4.78 is 7.44. The van der Waals surface area contributed by atoms with Gasteiger partial charge in [0, 0.05) is 36.2 Å². The number of hydrogen-bond acceptors (Lipinski definition) is 7. The average molecular weight is 477 g/mol. The van der Waals surface area contributed by atoms with Crippen LogP contribution in [0.15, 0.2) is 59.4 Å². The van der Waals surface area contributed by atoms with Gasteiger partial charge in [0.15, 0.2) is 5.82 Å². The van der Waals surface area contributed by atoms with Gasteiger partial charge in [-0.1, -0.05) is 37.3 Å². The second-order valence-electron chi connectivity index (χ2n) is 8.46. The second kappa shape index (κ2) is 11.7. The van der Waals surface area contributed by atoms with E-state index in [1.165, 1.54) is 0 Å². The van der Waals surface area contributed by atoms with Crippen molar-refractivity contribution in [2.45, 2.75) is 45.8 Å². The Bertz CT molecular complexity index is 1290. The number of aliphatic hydroxyl groups excluding tert-OH is 1. The maximum absolute atomic E-state index is 13.0. The summed E-state index contributed by atoms with van der Waals surface area (Å²) in [5, 5.41) is 23.0. The molecule has 0 amide bonds. The predicted molar refractivity (Wildman–Crippen MR) is 134 cm³/mol. The number of fused-ring (bicyclic) bond motifs is 1. The molecule has 35 heavy (non-hydrogen) atoms. The molecule has 2 heterocycles. The molecule has 0 aliphatic rings. The summed E-state index contributed by atoms with van der Waals surface area (Å²) >= 11 is 0. The molecule has 9 nitrogen and oxygen atoms in total. The minimum absolute atomic E-state index is 0.0632. The summed E-state index contributed by atoms with van der Waals surface area (Å²) in [7, 11) is 0. The van der Waals surface area contributed by atoms with Crippen LogP contribution in [-0.4, -0.2) is 55.0 Å². The van der Waals surface area contributed by atoms with E-state index >= 15 is 0 Å². The quantitative estimate of drug-likeness (QED) is 0.323. The number of ether oxygens (including phenoxy) is 1. The van der Waals surface area contributed by atoms with Crippen LogP contribution >= 0.6 is 0 Å². The molecular weight excluding hydrogens is 444 g/mol. The van der Waals surface area contributed by atoms with Crippen molar-refractivity contribution < 1.29 is 9.84 Å². The summed E-state index contributed by atoms with van der Waals surface area (Å²) in [5.74, 6) is 1.51. The van der Waals surface area contributed by atoms with Gasteiger partial charge in [0.1, 0.15) is 5.75 Å². The summed E-state index contributed by atoms with van der Waals surface area (Å²) in [6, 6.07) is 17.5. The third-order valence-electron chi connectivity index (χ3n) is 6.04. The van der Waals surface area contributed by atoms with Gasteiger partial charge in [0.05, 0.1) is 19.2 Å². The molecule has 2 aromatic carbocycles. The van der Waals surface area contributed by atoms with Crippen LogP contribution in [0.2, 0.25) is 0 Å². The smallest absolute Gasteiger partial charge is 0.252 e. The Balaban J connectivity index is 1.65. The molecular formula is C26H32N6O3. The van der Waals surface area contributed by atoms with Gasteiger partial charge < -0.3 is 14.8 Å². The monoisotopic (exact) mass is 476 g/mol. The van der Waals surface area contributed by atoms with E-state index in [1.54, 1.807) is 0 Å². The van der Waals surface area contributed by atoms with Crippen molar-refractivity contribution in [2.75, 3.05) is 19.8 Å². The van der Waals surface area contributed by atoms with E-state index < -0.39 is 0 Å². The molecule has 4 rings (SSSR count). The van der Waals surface area contributed by atoms with E-state index in [0.717, 1.165) is 34.5 Å². The van der Waals surface area contributed by atoms with Gasteiger partial charge in [-0.15, -0.1) is 5.10 Å². The largest absolute Gasteiger partial charge is 0.494 e. The zero-order chi connectivity index (χ0) is 24.6. The Labute approximate surface area is 204 Å². The minimum atomic E-state index is -0.130. The standard InChI is InChI=1S/C26H32N6O3/c1-3-24(25-28-29-30-32(25)17-19-9-6-5-7-10-19)31(13-8-14-33)18-21-15-20-16-22(35-4-2)11-12-23(20)27-26(21)34/h5-7,9-12,15-16,24,33H,3-4,8,13-14,17-18H2,1-2H3,(H,27,34)/t24-/m1/s1. The molecule has 4 aromatic rings. The fraction of sp³-hybridized carbons (Fsp3) is 0.385. The summed E-state index contributed by atoms with van der Waals surface area (Å²) in [4.78, 5) is 18.1. The van der Waals surface area contributed by atoms with E-state index in [4.69, 9.17) is 4.74 Å². The Morgan fingerprint density at radius 1 is 1.14 bits per heavy atom. The number of H-pyrrole nitrogens is 1. The molecule has 2 aromatic heterocycles. The van der Waals surface area contributed by atoms with E-state index in [1.807, 2.05) is 66.2 Å². The number of hydrogen-bond donors (Lipinski definition) is 2. The lowest BCUT2D eigenvalue weighted by Gasteiger charge is -2.30. The van der Waals surface area contributed by atoms with Crippen molar-refractivity contribution in [3.8, 4) is 5.75 Å². The van der Waals surface area contributed by atoms with Crippen LogP contribution in [0.4, 0.5) is 0 Å². The van der Waals surface area contributed by atoms with Gasteiger partial charge in [-0.3, -0.25) is 9.69 Å². The zero-order valence-corrected chi connectivity index (χ0v) is 20.2. The van der Waals surface area contributed by atoms with Crippen molar-refractivity contribution in [3.63, 3.8) is 0 Å². The molecule has 0 spiro atoms. The van der Waals surface area contributed by atoms with E-state index in [0.29, 0.717) is 38.2 Å². The number of benzene rings is 2. The molecule has 1 atom stereocenters. The number of nitrogens with zero attached hydrogens (tertiary/aromatic N) is 5. The fourth-order valence-corrected chi connectivity index (χ4v) is 4.36. The number of rotatable bonds is 12. The highest BCUT2D eigenvalue weighted by Gasteiger charge is 2.25. The van der Waals surface area contributed by atoms with Crippen molar-refractivity contribution in [1.82, 2.24) is 30.1 Å². The second-order valence-corrected chi connectivity index (χ2v) is 8.46. The molecule has 2 N–H and O–H groups in total. The van der Waals surface area contributed by atoms with Crippen molar-refractivity contribution in [1.29, 1.82) is 0 Å².